The van der Waals surface area contributed by atoms with E-state index in [1.54, 1.807) is 13.2 Å². The highest BCUT2D eigenvalue weighted by Gasteiger charge is 2.32. The molecule has 0 bridgehead atoms. The molecule has 2 amide bonds. The first-order chi connectivity index (χ1) is 16.4. The summed E-state index contributed by atoms with van der Waals surface area (Å²) in [5.41, 5.74) is 6.67. The smallest absolute Gasteiger partial charge is 0.253 e. The summed E-state index contributed by atoms with van der Waals surface area (Å²) in [5.74, 6) is 0.888. The molecule has 2 saturated heterocycles. The van der Waals surface area contributed by atoms with Gasteiger partial charge in [0.15, 0.2) is 11.5 Å². The molecule has 3 rings (SSSR count). The summed E-state index contributed by atoms with van der Waals surface area (Å²) >= 11 is 0. The number of nitrogens with two attached hydrogens (primary N) is 1. The van der Waals surface area contributed by atoms with E-state index < -0.39 is 0 Å². The molecule has 1 aromatic carbocycles. The van der Waals surface area contributed by atoms with Gasteiger partial charge in [0.1, 0.15) is 0 Å². The molecule has 1 aromatic rings. The van der Waals surface area contributed by atoms with E-state index >= 15 is 0 Å². The zero-order chi connectivity index (χ0) is 24.7. The minimum atomic E-state index is -0.325. The lowest BCUT2D eigenvalue weighted by molar-refractivity contribution is -0.130. The topological polar surface area (TPSA) is 116 Å². The van der Waals surface area contributed by atoms with Gasteiger partial charge in [-0.1, -0.05) is 0 Å². The maximum atomic E-state index is 13.1. The van der Waals surface area contributed by atoms with Crippen LogP contribution < -0.4 is 25.3 Å². The van der Waals surface area contributed by atoms with E-state index in [4.69, 9.17) is 24.7 Å². The largest absolute Gasteiger partial charge is 0.493 e. The van der Waals surface area contributed by atoms with Crippen molar-refractivity contribution in [2.75, 3.05) is 66.9 Å². The van der Waals surface area contributed by atoms with Crippen LogP contribution >= 0.6 is 0 Å². The van der Waals surface area contributed by atoms with E-state index in [1.165, 1.54) is 21.3 Å². The van der Waals surface area contributed by atoms with Gasteiger partial charge in [-0.05, 0) is 38.3 Å². The van der Waals surface area contributed by atoms with Crippen molar-refractivity contribution in [1.29, 1.82) is 0 Å². The maximum Gasteiger partial charge on any atom is 0.253 e. The number of carbonyl (C=O) groups is 2. The molecule has 10 nitrogen and oxygen atoms in total. The molecule has 0 radical (unpaired) electrons. The predicted octanol–water partition coefficient (Wildman–Crippen LogP) is 1.52. The standard InChI is InChI=1S/C24H38N4O6/c1-31-18-14-16(21(25)23(34-4)22(18)33-3)24(30)26-17-9-13-27(15-19(17)32-2)10-7-8-20(29)28-11-5-6-12-28/h14,17,19H,5-13,15,25H2,1-4H3,(H,26,30)/t17-,19+/m0/s1. The Bertz CT molecular complexity index is 858. The Morgan fingerprint density at radius 2 is 1.76 bits per heavy atom. The zero-order valence-corrected chi connectivity index (χ0v) is 20.7. The lowest BCUT2D eigenvalue weighted by Gasteiger charge is -2.38. The number of methoxy groups -OCH3 is 4. The van der Waals surface area contributed by atoms with Crippen LogP contribution in [0, 0.1) is 0 Å². The number of rotatable bonds is 10. The molecule has 2 atom stereocenters. The number of hydrogen-bond donors (Lipinski definition) is 2. The second-order valence-corrected chi connectivity index (χ2v) is 8.74. The van der Waals surface area contributed by atoms with Crippen molar-refractivity contribution in [3.8, 4) is 17.2 Å². The molecule has 0 unspecified atom stereocenters. The molecule has 190 valence electrons. The minimum Gasteiger partial charge on any atom is -0.493 e. The van der Waals surface area contributed by atoms with E-state index in [1.807, 2.05) is 4.90 Å². The van der Waals surface area contributed by atoms with Crippen molar-refractivity contribution < 1.29 is 28.5 Å². The van der Waals surface area contributed by atoms with Crippen LogP contribution in [0.3, 0.4) is 0 Å². The van der Waals surface area contributed by atoms with E-state index in [0.29, 0.717) is 24.5 Å². The number of nitrogens with zero attached hydrogens (tertiary/aromatic N) is 2. The second-order valence-electron chi connectivity index (χ2n) is 8.74. The quantitative estimate of drug-likeness (QED) is 0.487. The monoisotopic (exact) mass is 478 g/mol. The molecular weight excluding hydrogens is 440 g/mol. The van der Waals surface area contributed by atoms with E-state index in [0.717, 1.165) is 51.9 Å². The van der Waals surface area contributed by atoms with E-state index in [9.17, 15) is 9.59 Å². The van der Waals surface area contributed by atoms with Gasteiger partial charge in [-0.2, -0.15) is 0 Å². The average molecular weight is 479 g/mol. The Labute approximate surface area is 201 Å². The van der Waals surface area contributed by atoms with Crippen molar-refractivity contribution in [1.82, 2.24) is 15.1 Å². The van der Waals surface area contributed by atoms with Crippen LogP contribution in [0.25, 0.3) is 0 Å². The molecule has 10 heteroatoms. The first-order valence-electron chi connectivity index (χ1n) is 11.9. The highest BCUT2D eigenvalue weighted by atomic mass is 16.5. The Balaban J connectivity index is 1.58. The fourth-order valence-corrected chi connectivity index (χ4v) is 4.78. The molecule has 2 fully saturated rings. The van der Waals surface area contributed by atoms with Crippen molar-refractivity contribution in [2.45, 2.75) is 44.2 Å². The third-order valence-corrected chi connectivity index (χ3v) is 6.70. The fraction of sp³-hybridized carbons (Fsp3) is 0.667. The summed E-state index contributed by atoms with van der Waals surface area (Å²) in [6.07, 6.45) is 4.19. The number of benzene rings is 1. The Kier molecular flexibility index (Phi) is 9.23. The van der Waals surface area contributed by atoms with Gasteiger partial charge in [0, 0.05) is 39.7 Å². The molecule has 0 aromatic heterocycles. The van der Waals surface area contributed by atoms with E-state index in [2.05, 4.69) is 10.2 Å². The normalized spacial score (nSPS) is 20.8. The summed E-state index contributed by atoms with van der Waals surface area (Å²) in [7, 11) is 6.09. The maximum absolute atomic E-state index is 13.1. The van der Waals surface area contributed by atoms with Gasteiger partial charge >= 0.3 is 0 Å². The van der Waals surface area contributed by atoms with Gasteiger partial charge in [-0.15, -0.1) is 0 Å². The van der Waals surface area contributed by atoms with Crippen molar-refractivity contribution >= 4 is 17.5 Å². The number of hydrogen-bond acceptors (Lipinski definition) is 8. The molecule has 0 saturated carbocycles. The number of likely N-dealkylation sites (tertiary alicyclic amines) is 2. The Morgan fingerprint density at radius 3 is 2.38 bits per heavy atom. The van der Waals surface area contributed by atoms with Crippen LogP contribution in [-0.2, 0) is 9.53 Å². The Morgan fingerprint density at radius 1 is 1.06 bits per heavy atom. The molecule has 2 heterocycles. The number of piperidine rings is 1. The van der Waals surface area contributed by atoms with Gasteiger partial charge in [0.05, 0.1) is 44.7 Å². The van der Waals surface area contributed by atoms with Crippen LogP contribution in [0.5, 0.6) is 17.2 Å². The van der Waals surface area contributed by atoms with Crippen LogP contribution in [-0.4, -0.2) is 94.9 Å². The Hall–Kier alpha value is -2.72. The average Bonchev–Trinajstić information content (AvgIpc) is 3.39. The predicted molar refractivity (Wildman–Crippen MR) is 129 cm³/mol. The van der Waals surface area contributed by atoms with Gasteiger partial charge in [0.2, 0.25) is 11.7 Å². The molecule has 0 aliphatic carbocycles. The number of carbonyl (C=O) groups excluding carboxylic acids is 2. The van der Waals surface area contributed by atoms with E-state index in [-0.39, 0.29) is 41.0 Å². The first kappa shape index (κ1) is 25.9. The van der Waals surface area contributed by atoms with Gasteiger partial charge in [-0.3, -0.25) is 9.59 Å². The summed E-state index contributed by atoms with van der Waals surface area (Å²) in [5, 5.41) is 3.07. The fourth-order valence-electron chi connectivity index (χ4n) is 4.78. The summed E-state index contributed by atoms with van der Waals surface area (Å²) in [6.45, 7) is 4.12. The van der Waals surface area contributed by atoms with Crippen LogP contribution in [0.4, 0.5) is 5.69 Å². The van der Waals surface area contributed by atoms with Crippen LogP contribution in [0.2, 0.25) is 0 Å². The van der Waals surface area contributed by atoms with Crippen molar-refractivity contribution in [3.63, 3.8) is 0 Å². The SMILES string of the molecule is COc1cc(C(=O)N[C@H]2CCN(CCCC(=O)N3CCCC3)C[C@H]2OC)c(N)c(OC)c1OC. The van der Waals surface area contributed by atoms with Gasteiger partial charge < -0.3 is 39.8 Å². The number of nitrogen functional groups attached to an aromatic ring is 1. The lowest BCUT2D eigenvalue weighted by Crippen LogP contribution is -2.55. The third kappa shape index (κ3) is 5.85. The number of ether oxygens (including phenoxy) is 4. The molecule has 2 aliphatic rings. The van der Waals surface area contributed by atoms with Gasteiger partial charge in [-0.25, -0.2) is 0 Å². The molecule has 3 N–H and O–H groups in total. The zero-order valence-electron chi connectivity index (χ0n) is 20.7. The second kappa shape index (κ2) is 12.1. The molecule has 0 spiro atoms. The summed E-state index contributed by atoms with van der Waals surface area (Å²) in [6, 6.07) is 1.39. The molecule has 34 heavy (non-hydrogen) atoms. The highest BCUT2D eigenvalue weighted by molar-refractivity contribution is 6.02. The first-order valence-corrected chi connectivity index (χ1v) is 11.9. The molecular formula is C24H38N4O6. The summed E-state index contributed by atoms with van der Waals surface area (Å²) in [4.78, 5) is 29.7. The van der Waals surface area contributed by atoms with Crippen LogP contribution in [0.15, 0.2) is 6.07 Å². The van der Waals surface area contributed by atoms with Crippen molar-refractivity contribution in [2.24, 2.45) is 0 Å². The van der Waals surface area contributed by atoms with Crippen LogP contribution in [0.1, 0.15) is 42.5 Å². The molecule has 2 aliphatic heterocycles. The highest BCUT2D eigenvalue weighted by Crippen LogP contribution is 2.43. The minimum absolute atomic E-state index is 0.168. The lowest BCUT2D eigenvalue weighted by atomic mass is 10.00. The number of nitrogens with one attached hydrogen (secondary N) is 1. The van der Waals surface area contributed by atoms with Crippen molar-refractivity contribution in [3.05, 3.63) is 11.6 Å². The third-order valence-electron chi connectivity index (χ3n) is 6.70. The number of amides is 2. The van der Waals surface area contributed by atoms with Gasteiger partial charge in [0.25, 0.3) is 5.91 Å². The summed E-state index contributed by atoms with van der Waals surface area (Å²) < 4.78 is 21.8. The number of anilines is 1.